The Hall–Kier alpha value is -1.57. The van der Waals surface area contributed by atoms with E-state index in [2.05, 4.69) is 5.32 Å². The van der Waals surface area contributed by atoms with Gasteiger partial charge in [0, 0.05) is 30.8 Å². The van der Waals surface area contributed by atoms with Gasteiger partial charge in [0.25, 0.3) is 0 Å². The molecule has 1 amide bonds. The summed E-state index contributed by atoms with van der Waals surface area (Å²) in [5.74, 6) is -3.55. The Kier molecular flexibility index (Phi) is 6.00. The molecule has 112 valence electrons. The molecule has 0 aromatic carbocycles. The molecule has 3 N–H and O–H groups in total. The van der Waals surface area contributed by atoms with E-state index in [4.69, 9.17) is 10.2 Å². The fourth-order valence-electron chi connectivity index (χ4n) is 2.15. The molecule has 8 heteroatoms. The zero-order chi connectivity index (χ0) is 15.3. The van der Waals surface area contributed by atoms with Crippen LogP contribution in [0.1, 0.15) is 19.8 Å². The lowest BCUT2D eigenvalue weighted by molar-refractivity contribution is -0.144. The molecule has 20 heavy (non-hydrogen) atoms. The molecule has 0 spiro atoms. The summed E-state index contributed by atoms with van der Waals surface area (Å²) in [6, 6.07) is -1.03. The topological polar surface area (TPSA) is 121 Å². The highest BCUT2D eigenvalue weighted by molar-refractivity contribution is 7.99. The zero-order valence-corrected chi connectivity index (χ0v) is 11.8. The van der Waals surface area contributed by atoms with Crippen molar-refractivity contribution < 1.29 is 29.4 Å². The average molecular weight is 303 g/mol. The fourth-order valence-corrected chi connectivity index (χ4v) is 3.42. The van der Waals surface area contributed by atoms with Gasteiger partial charge in [-0.15, -0.1) is 0 Å². The van der Waals surface area contributed by atoms with E-state index in [9.17, 15) is 19.2 Å². The van der Waals surface area contributed by atoms with Gasteiger partial charge >= 0.3 is 11.9 Å². The Balaban J connectivity index is 2.49. The van der Waals surface area contributed by atoms with Crippen molar-refractivity contribution in [3.8, 4) is 0 Å². The second-order valence-corrected chi connectivity index (χ2v) is 5.76. The van der Waals surface area contributed by atoms with E-state index in [1.807, 2.05) is 0 Å². The highest BCUT2D eigenvalue weighted by Crippen LogP contribution is 2.31. The van der Waals surface area contributed by atoms with E-state index < -0.39 is 35.7 Å². The number of hydrogen-bond donors (Lipinski definition) is 3. The van der Waals surface area contributed by atoms with E-state index in [-0.39, 0.29) is 23.7 Å². The van der Waals surface area contributed by atoms with Crippen LogP contribution in [0, 0.1) is 11.8 Å². The molecule has 1 aliphatic rings. The van der Waals surface area contributed by atoms with Gasteiger partial charge in [0.05, 0.1) is 5.92 Å². The quantitative estimate of drug-likeness (QED) is 0.604. The van der Waals surface area contributed by atoms with Gasteiger partial charge in [-0.2, -0.15) is 11.8 Å². The maximum absolute atomic E-state index is 11.6. The van der Waals surface area contributed by atoms with Crippen molar-refractivity contribution in [1.29, 1.82) is 0 Å². The first kappa shape index (κ1) is 16.5. The SMILES string of the molecule is CC(=O)NC(CSC[C@H]1C(=O)CC[C@@H]1C(=O)O)C(=O)O. The number of aliphatic carboxylic acids is 2. The number of carbonyl (C=O) groups excluding carboxylic acids is 2. The summed E-state index contributed by atoms with van der Waals surface area (Å²) in [5, 5.41) is 20.2. The minimum absolute atomic E-state index is 0.0868. The maximum atomic E-state index is 11.6. The first-order valence-electron chi connectivity index (χ1n) is 6.16. The minimum atomic E-state index is -1.15. The van der Waals surface area contributed by atoms with Crippen molar-refractivity contribution in [1.82, 2.24) is 5.32 Å². The van der Waals surface area contributed by atoms with Crippen molar-refractivity contribution in [2.75, 3.05) is 11.5 Å². The van der Waals surface area contributed by atoms with Crippen molar-refractivity contribution in [2.24, 2.45) is 11.8 Å². The summed E-state index contributed by atoms with van der Waals surface area (Å²) in [5.41, 5.74) is 0. The third-order valence-electron chi connectivity index (χ3n) is 3.18. The van der Waals surface area contributed by atoms with E-state index in [1.54, 1.807) is 0 Å². The molecule has 3 atom stereocenters. The largest absolute Gasteiger partial charge is 0.481 e. The van der Waals surface area contributed by atoms with Crippen molar-refractivity contribution >= 4 is 35.4 Å². The first-order chi connectivity index (χ1) is 9.32. The molecule has 0 heterocycles. The van der Waals surface area contributed by atoms with Gasteiger partial charge in [-0.1, -0.05) is 0 Å². The van der Waals surface area contributed by atoms with E-state index >= 15 is 0 Å². The van der Waals surface area contributed by atoms with Gasteiger partial charge in [0.1, 0.15) is 11.8 Å². The molecule has 0 aromatic heterocycles. The van der Waals surface area contributed by atoms with Crippen LogP contribution in [0.5, 0.6) is 0 Å². The molecular weight excluding hydrogens is 286 g/mol. The summed E-state index contributed by atoms with van der Waals surface area (Å²) in [4.78, 5) is 44.4. The fraction of sp³-hybridized carbons (Fsp3) is 0.667. The maximum Gasteiger partial charge on any atom is 0.327 e. The normalized spacial score (nSPS) is 23.4. The summed E-state index contributed by atoms with van der Waals surface area (Å²) in [7, 11) is 0. The van der Waals surface area contributed by atoms with Crippen LogP contribution in [0.4, 0.5) is 0 Å². The van der Waals surface area contributed by atoms with Gasteiger partial charge in [0.2, 0.25) is 5.91 Å². The number of thioether (sulfide) groups is 1. The molecule has 0 bridgehead atoms. The van der Waals surface area contributed by atoms with Crippen LogP contribution in [0.15, 0.2) is 0 Å². The highest BCUT2D eigenvalue weighted by atomic mass is 32.2. The van der Waals surface area contributed by atoms with Crippen LogP contribution < -0.4 is 5.32 Å². The number of ketones is 1. The molecule has 7 nitrogen and oxygen atoms in total. The van der Waals surface area contributed by atoms with Crippen LogP contribution >= 0.6 is 11.8 Å². The Labute approximate surface area is 120 Å². The molecule has 0 aromatic rings. The number of nitrogens with one attached hydrogen (secondary N) is 1. The lowest BCUT2D eigenvalue weighted by Crippen LogP contribution is -2.41. The Morgan fingerprint density at radius 3 is 2.55 bits per heavy atom. The molecule has 0 radical (unpaired) electrons. The molecule has 1 saturated carbocycles. The molecule has 1 fully saturated rings. The molecule has 1 rings (SSSR count). The van der Waals surface area contributed by atoms with Crippen LogP contribution in [0.2, 0.25) is 0 Å². The second kappa shape index (κ2) is 7.28. The van der Waals surface area contributed by atoms with Crippen molar-refractivity contribution in [3.05, 3.63) is 0 Å². The third kappa shape index (κ3) is 4.52. The van der Waals surface area contributed by atoms with E-state index in [0.29, 0.717) is 6.42 Å². The van der Waals surface area contributed by atoms with Crippen molar-refractivity contribution in [2.45, 2.75) is 25.8 Å². The van der Waals surface area contributed by atoms with Gasteiger partial charge in [-0.3, -0.25) is 14.4 Å². The van der Waals surface area contributed by atoms with Crippen LogP contribution in [0.3, 0.4) is 0 Å². The van der Waals surface area contributed by atoms with Crippen LogP contribution in [0.25, 0.3) is 0 Å². The van der Waals surface area contributed by atoms with Gasteiger partial charge in [-0.05, 0) is 6.42 Å². The van der Waals surface area contributed by atoms with Gasteiger partial charge < -0.3 is 15.5 Å². The van der Waals surface area contributed by atoms with Crippen molar-refractivity contribution in [3.63, 3.8) is 0 Å². The number of carboxylic acids is 2. The Bertz CT molecular complexity index is 424. The Morgan fingerprint density at radius 1 is 1.40 bits per heavy atom. The summed E-state index contributed by atoms with van der Waals surface area (Å²) in [6.45, 7) is 1.22. The van der Waals surface area contributed by atoms with E-state index in [0.717, 1.165) is 0 Å². The highest BCUT2D eigenvalue weighted by Gasteiger charge is 2.39. The minimum Gasteiger partial charge on any atom is -0.481 e. The predicted molar refractivity (Wildman–Crippen MR) is 71.4 cm³/mol. The summed E-state index contributed by atoms with van der Waals surface area (Å²) >= 11 is 1.17. The summed E-state index contributed by atoms with van der Waals surface area (Å²) < 4.78 is 0. The zero-order valence-electron chi connectivity index (χ0n) is 11.0. The molecule has 0 saturated heterocycles. The lowest BCUT2D eigenvalue weighted by Gasteiger charge is -2.16. The first-order valence-corrected chi connectivity index (χ1v) is 7.31. The number of amides is 1. The molecule has 0 aliphatic heterocycles. The second-order valence-electron chi connectivity index (χ2n) is 4.69. The van der Waals surface area contributed by atoms with E-state index in [1.165, 1.54) is 18.7 Å². The number of carbonyl (C=O) groups is 4. The average Bonchev–Trinajstić information content (AvgIpc) is 2.69. The molecule has 1 aliphatic carbocycles. The van der Waals surface area contributed by atoms with Gasteiger partial charge in [-0.25, -0.2) is 4.79 Å². The van der Waals surface area contributed by atoms with Crippen LogP contribution in [-0.2, 0) is 19.2 Å². The lowest BCUT2D eigenvalue weighted by atomic mass is 9.98. The third-order valence-corrected chi connectivity index (χ3v) is 4.34. The number of hydrogen-bond acceptors (Lipinski definition) is 5. The standard InChI is InChI=1S/C12H17NO6S/c1-6(14)13-9(12(18)19)5-20-4-8-7(11(16)17)2-3-10(8)15/h7-9H,2-5H2,1H3,(H,13,14)(H,16,17)(H,18,19)/t7-,8+,9?/m0/s1. The van der Waals surface area contributed by atoms with Crippen LogP contribution in [-0.4, -0.2) is 51.4 Å². The smallest absolute Gasteiger partial charge is 0.327 e. The number of Topliss-reactive ketones (excluding diaryl/α,β-unsaturated/α-hetero) is 1. The molecule has 1 unspecified atom stereocenters. The Morgan fingerprint density at radius 2 is 2.05 bits per heavy atom. The number of carboxylic acid groups (broad SMARTS) is 2. The number of rotatable bonds is 7. The summed E-state index contributed by atoms with van der Waals surface area (Å²) in [6.07, 6.45) is 0.601. The van der Waals surface area contributed by atoms with Gasteiger partial charge in [0.15, 0.2) is 0 Å². The predicted octanol–water partition coefficient (Wildman–Crippen LogP) is -0.0112. The molecular formula is C12H17NO6S. The monoisotopic (exact) mass is 303 g/mol.